The van der Waals surface area contributed by atoms with Crippen molar-refractivity contribution in [1.29, 1.82) is 0 Å². The number of aryl methyl sites for hydroxylation is 2. The molecule has 2 aliphatic rings. The molecule has 28 heavy (non-hydrogen) atoms. The Kier molecular flexibility index (Phi) is 5.25. The van der Waals surface area contributed by atoms with Crippen LogP contribution in [0.4, 0.5) is 0 Å². The van der Waals surface area contributed by atoms with Gasteiger partial charge in [0.05, 0.1) is 11.3 Å². The quantitative estimate of drug-likeness (QED) is 0.852. The lowest BCUT2D eigenvalue weighted by molar-refractivity contribution is -0.120. The molecule has 2 aromatic rings. The molecule has 2 aromatic heterocycles. The Morgan fingerprint density at radius 2 is 2.18 bits per heavy atom. The monoisotopic (exact) mass is 402 g/mol. The highest BCUT2D eigenvalue weighted by Crippen LogP contribution is 2.31. The summed E-state index contributed by atoms with van der Waals surface area (Å²) in [7, 11) is 0. The summed E-state index contributed by atoms with van der Waals surface area (Å²) >= 11 is 1.67. The van der Waals surface area contributed by atoms with Gasteiger partial charge in [0, 0.05) is 61.0 Å². The first-order chi connectivity index (χ1) is 13.4. The van der Waals surface area contributed by atoms with Gasteiger partial charge < -0.3 is 14.7 Å². The van der Waals surface area contributed by atoms with Crippen LogP contribution in [-0.4, -0.2) is 52.4 Å². The zero-order valence-corrected chi connectivity index (χ0v) is 17.4. The molecular formula is C20H26N4O3S. The molecule has 2 aliphatic heterocycles. The summed E-state index contributed by atoms with van der Waals surface area (Å²) in [6.45, 7) is 9.49. The third kappa shape index (κ3) is 3.58. The first-order valence-corrected chi connectivity index (χ1v) is 10.6. The molecule has 8 heteroatoms. The van der Waals surface area contributed by atoms with E-state index in [1.165, 1.54) is 10.4 Å². The number of rotatable bonds is 3. The molecule has 0 radical (unpaired) electrons. The number of nitrogens with one attached hydrogen (secondary N) is 1. The summed E-state index contributed by atoms with van der Waals surface area (Å²) in [5, 5.41) is 8.92. The number of amides is 2. The van der Waals surface area contributed by atoms with Crippen LogP contribution in [0.1, 0.15) is 51.2 Å². The fourth-order valence-corrected chi connectivity index (χ4v) is 5.12. The topological polar surface area (TPSA) is 78.7 Å². The summed E-state index contributed by atoms with van der Waals surface area (Å²) in [6.07, 6.45) is 1.23. The molecule has 0 saturated carbocycles. The van der Waals surface area contributed by atoms with Gasteiger partial charge in [0.1, 0.15) is 5.76 Å². The number of carbonyl (C=O) groups is 2. The molecule has 7 nitrogen and oxygen atoms in total. The van der Waals surface area contributed by atoms with Crippen molar-refractivity contribution < 1.29 is 14.1 Å². The van der Waals surface area contributed by atoms with Crippen LogP contribution >= 0.6 is 11.3 Å². The molecule has 0 bridgehead atoms. The highest BCUT2D eigenvalue weighted by Gasteiger charge is 2.30. The van der Waals surface area contributed by atoms with E-state index in [4.69, 9.17) is 4.52 Å². The highest BCUT2D eigenvalue weighted by atomic mass is 32.1. The Bertz CT molecular complexity index is 884. The van der Waals surface area contributed by atoms with Crippen LogP contribution in [0.25, 0.3) is 0 Å². The van der Waals surface area contributed by atoms with Gasteiger partial charge in [-0.1, -0.05) is 5.16 Å². The molecule has 1 N–H and O–H groups in total. The van der Waals surface area contributed by atoms with Crippen LogP contribution in [0, 0.1) is 13.8 Å². The maximum absolute atomic E-state index is 13.2. The predicted octanol–water partition coefficient (Wildman–Crippen LogP) is 2.26. The van der Waals surface area contributed by atoms with Crippen LogP contribution in [0.2, 0.25) is 0 Å². The van der Waals surface area contributed by atoms with Crippen molar-refractivity contribution >= 4 is 23.2 Å². The van der Waals surface area contributed by atoms with Crippen LogP contribution in [-0.2, 0) is 24.3 Å². The Labute approximate surface area is 168 Å². The Balaban J connectivity index is 1.49. The molecule has 1 saturated heterocycles. The minimum atomic E-state index is 0.00845. The number of thiophene rings is 1. The molecule has 1 unspecified atom stereocenters. The van der Waals surface area contributed by atoms with E-state index in [-0.39, 0.29) is 17.9 Å². The zero-order valence-electron chi connectivity index (χ0n) is 16.6. The van der Waals surface area contributed by atoms with Crippen molar-refractivity contribution in [3.05, 3.63) is 38.4 Å². The van der Waals surface area contributed by atoms with Crippen LogP contribution in [0.15, 0.2) is 9.90 Å². The standard InChI is InChI=1S/C20H26N4O3S/c1-12-8-21-19(25)5-7-24(12)20(26)17-11-28-18-10-23(6-4-15(17)18)9-16-13(2)22-27-14(16)3/h11-12H,4-10H2,1-3H3,(H,21,25). The summed E-state index contributed by atoms with van der Waals surface area (Å²) in [5.74, 6) is 0.953. The summed E-state index contributed by atoms with van der Waals surface area (Å²) < 4.78 is 5.28. The molecule has 0 spiro atoms. The van der Waals surface area contributed by atoms with E-state index < -0.39 is 0 Å². The van der Waals surface area contributed by atoms with Gasteiger partial charge in [-0.05, 0) is 32.8 Å². The third-order valence-corrected chi connectivity index (χ3v) is 6.80. The normalized spacial score (nSPS) is 20.6. The van der Waals surface area contributed by atoms with Crippen LogP contribution in [0.3, 0.4) is 0 Å². The Morgan fingerprint density at radius 1 is 1.36 bits per heavy atom. The molecule has 4 rings (SSSR count). The van der Waals surface area contributed by atoms with Crippen molar-refractivity contribution in [2.24, 2.45) is 0 Å². The number of hydrogen-bond acceptors (Lipinski definition) is 6. The number of fused-ring (bicyclic) bond motifs is 1. The van der Waals surface area contributed by atoms with E-state index >= 15 is 0 Å². The van der Waals surface area contributed by atoms with Gasteiger partial charge in [-0.3, -0.25) is 14.5 Å². The number of nitrogens with zero attached hydrogens (tertiary/aromatic N) is 3. The van der Waals surface area contributed by atoms with E-state index in [9.17, 15) is 9.59 Å². The van der Waals surface area contributed by atoms with Crippen molar-refractivity contribution in [2.45, 2.75) is 52.7 Å². The minimum absolute atomic E-state index is 0.00845. The summed E-state index contributed by atoms with van der Waals surface area (Å²) in [5.41, 5.74) is 4.11. The second-order valence-electron chi connectivity index (χ2n) is 7.72. The lowest BCUT2D eigenvalue weighted by Gasteiger charge is -2.29. The lowest BCUT2D eigenvalue weighted by Crippen LogP contribution is -2.42. The van der Waals surface area contributed by atoms with Crippen LogP contribution in [0.5, 0.6) is 0 Å². The zero-order chi connectivity index (χ0) is 19.8. The SMILES string of the molecule is Cc1noc(C)c1CN1CCc2c(C(=O)N3CCC(=O)NCC3C)csc2C1. The van der Waals surface area contributed by atoms with Crippen molar-refractivity contribution in [2.75, 3.05) is 19.6 Å². The molecule has 1 fully saturated rings. The second kappa shape index (κ2) is 7.67. The van der Waals surface area contributed by atoms with Gasteiger partial charge in [-0.2, -0.15) is 0 Å². The molecule has 0 aliphatic carbocycles. The first kappa shape index (κ1) is 19.1. The third-order valence-electron chi connectivity index (χ3n) is 5.79. The van der Waals surface area contributed by atoms with Gasteiger partial charge in [-0.25, -0.2) is 0 Å². The smallest absolute Gasteiger partial charge is 0.255 e. The van der Waals surface area contributed by atoms with Crippen molar-refractivity contribution in [1.82, 2.24) is 20.3 Å². The van der Waals surface area contributed by atoms with E-state index in [1.54, 1.807) is 11.3 Å². The molecule has 150 valence electrons. The number of aromatic nitrogens is 1. The molecule has 1 atom stereocenters. The van der Waals surface area contributed by atoms with E-state index in [1.807, 2.05) is 31.1 Å². The van der Waals surface area contributed by atoms with Crippen LogP contribution < -0.4 is 5.32 Å². The largest absolute Gasteiger partial charge is 0.361 e. The van der Waals surface area contributed by atoms with Gasteiger partial charge >= 0.3 is 0 Å². The van der Waals surface area contributed by atoms with Gasteiger partial charge in [0.2, 0.25) is 5.91 Å². The first-order valence-electron chi connectivity index (χ1n) is 9.75. The molecular weight excluding hydrogens is 376 g/mol. The fraction of sp³-hybridized carbons (Fsp3) is 0.550. The molecule has 2 amide bonds. The van der Waals surface area contributed by atoms with Gasteiger partial charge in [0.25, 0.3) is 5.91 Å². The van der Waals surface area contributed by atoms with E-state index in [0.29, 0.717) is 19.5 Å². The van der Waals surface area contributed by atoms with Gasteiger partial charge in [-0.15, -0.1) is 11.3 Å². The summed E-state index contributed by atoms with van der Waals surface area (Å²) in [6, 6.07) is 0.00845. The average Bonchev–Trinajstić information content (AvgIpc) is 3.18. The average molecular weight is 403 g/mol. The van der Waals surface area contributed by atoms with Gasteiger partial charge in [0.15, 0.2) is 0 Å². The molecule has 4 heterocycles. The maximum Gasteiger partial charge on any atom is 0.255 e. The number of hydrogen-bond donors (Lipinski definition) is 1. The summed E-state index contributed by atoms with van der Waals surface area (Å²) in [4.78, 5) is 30.3. The van der Waals surface area contributed by atoms with Crippen molar-refractivity contribution in [3.8, 4) is 0 Å². The van der Waals surface area contributed by atoms with E-state index in [0.717, 1.165) is 48.6 Å². The Hall–Kier alpha value is -2.19. The fourth-order valence-electron chi connectivity index (χ4n) is 4.01. The second-order valence-corrected chi connectivity index (χ2v) is 8.68. The highest BCUT2D eigenvalue weighted by molar-refractivity contribution is 7.10. The lowest BCUT2D eigenvalue weighted by atomic mass is 10.0. The van der Waals surface area contributed by atoms with Crippen molar-refractivity contribution in [3.63, 3.8) is 0 Å². The maximum atomic E-state index is 13.2. The minimum Gasteiger partial charge on any atom is -0.361 e. The molecule has 0 aromatic carbocycles. The van der Waals surface area contributed by atoms with E-state index in [2.05, 4.69) is 15.4 Å². The Morgan fingerprint density at radius 3 is 2.93 bits per heavy atom. The predicted molar refractivity (Wildman–Crippen MR) is 106 cm³/mol. The number of carbonyl (C=O) groups excluding carboxylic acids is 2.